The highest BCUT2D eigenvalue weighted by Crippen LogP contribution is 2.26. The van der Waals surface area contributed by atoms with Crippen molar-refractivity contribution in [1.82, 2.24) is 4.90 Å². The topological polar surface area (TPSA) is 57.6 Å². The van der Waals surface area contributed by atoms with Crippen molar-refractivity contribution in [2.24, 2.45) is 0 Å². The second-order valence-corrected chi connectivity index (χ2v) is 6.78. The number of phenols is 1. The number of hydrogen-bond acceptors (Lipinski definition) is 4. The standard InChI is InChI=1S/C10H13ClFNO3S/c1-13(2)5-7-3-8(6-17(11,15)16)10(14)9(12)4-7/h3-4,14H,5-6H2,1-2H3. The van der Waals surface area contributed by atoms with E-state index in [1.807, 2.05) is 0 Å². The number of rotatable bonds is 4. The van der Waals surface area contributed by atoms with E-state index in [0.29, 0.717) is 12.1 Å². The molecule has 0 aliphatic carbocycles. The fraction of sp³-hybridized carbons (Fsp3) is 0.400. The zero-order valence-electron chi connectivity index (χ0n) is 9.44. The third-order valence-corrected chi connectivity index (χ3v) is 3.01. The van der Waals surface area contributed by atoms with Gasteiger partial charge in [-0.05, 0) is 31.8 Å². The molecule has 0 bridgehead atoms. The second kappa shape index (κ2) is 5.20. The van der Waals surface area contributed by atoms with E-state index in [1.165, 1.54) is 12.1 Å². The molecule has 0 amide bonds. The third-order valence-electron chi connectivity index (χ3n) is 2.03. The molecule has 0 saturated heterocycles. The number of benzene rings is 1. The Hall–Kier alpha value is -0.850. The highest BCUT2D eigenvalue weighted by molar-refractivity contribution is 8.13. The van der Waals surface area contributed by atoms with Crippen LogP contribution in [0.4, 0.5) is 4.39 Å². The van der Waals surface area contributed by atoms with Gasteiger partial charge in [-0.3, -0.25) is 0 Å². The predicted octanol–water partition coefficient (Wildman–Crippen LogP) is 1.66. The Kier molecular flexibility index (Phi) is 4.35. The molecule has 1 aromatic rings. The Morgan fingerprint density at radius 2 is 2.00 bits per heavy atom. The van der Waals surface area contributed by atoms with Gasteiger partial charge in [0, 0.05) is 22.8 Å². The van der Waals surface area contributed by atoms with E-state index in [1.54, 1.807) is 19.0 Å². The second-order valence-electron chi connectivity index (χ2n) is 4.01. The first-order chi connectivity index (χ1) is 7.69. The molecule has 1 aromatic carbocycles. The third kappa shape index (κ3) is 4.49. The molecule has 0 radical (unpaired) electrons. The van der Waals surface area contributed by atoms with Gasteiger partial charge >= 0.3 is 0 Å². The van der Waals surface area contributed by atoms with Crippen molar-refractivity contribution in [3.63, 3.8) is 0 Å². The Morgan fingerprint density at radius 3 is 2.47 bits per heavy atom. The Balaban J connectivity index is 3.15. The SMILES string of the molecule is CN(C)Cc1cc(F)c(O)c(CS(=O)(=O)Cl)c1. The van der Waals surface area contributed by atoms with Crippen molar-refractivity contribution in [3.05, 3.63) is 29.1 Å². The normalized spacial score (nSPS) is 12.1. The molecule has 17 heavy (non-hydrogen) atoms. The summed E-state index contributed by atoms with van der Waals surface area (Å²) in [5.74, 6) is -2.12. The van der Waals surface area contributed by atoms with Crippen LogP contribution in [0.1, 0.15) is 11.1 Å². The molecule has 96 valence electrons. The molecule has 0 fully saturated rings. The van der Waals surface area contributed by atoms with Crippen molar-refractivity contribution in [3.8, 4) is 5.75 Å². The molecule has 7 heteroatoms. The van der Waals surface area contributed by atoms with Gasteiger partial charge in [-0.15, -0.1) is 0 Å². The molecule has 0 atom stereocenters. The van der Waals surface area contributed by atoms with Crippen LogP contribution < -0.4 is 0 Å². The van der Waals surface area contributed by atoms with Gasteiger partial charge in [-0.25, -0.2) is 12.8 Å². The zero-order chi connectivity index (χ0) is 13.2. The van der Waals surface area contributed by atoms with Crippen LogP contribution in [0.2, 0.25) is 0 Å². The first-order valence-corrected chi connectivity index (χ1v) is 7.24. The van der Waals surface area contributed by atoms with E-state index < -0.39 is 26.4 Å². The lowest BCUT2D eigenvalue weighted by Gasteiger charge is -2.12. The van der Waals surface area contributed by atoms with Crippen molar-refractivity contribution in [2.45, 2.75) is 12.3 Å². The number of aromatic hydroxyl groups is 1. The van der Waals surface area contributed by atoms with Crippen LogP contribution >= 0.6 is 10.7 Å². The summed E-state index contributed by atoms with van der Waals surface area (Å²) < 4.78 is 35.2. The summed E-state index contributed by atoms with van der Waals surface area (Å²) >= 11 is 0. The molecule has 0 aromatic heterocycles. The summed E-state index contributed by atoms with van der Waals surface area (Å²) in [5, 5.41) is 9.41. The minimum atomic E-state index is -3.83. The highest BCUT2D eigenvalue weighted by Gasteiger charge is 2.16. The maximum atomic E-state index is 13.4. The van der Waals surface area contributed by atoms with Gasteiger partial charge in [-0.1, -0.05) is 0 Å². The van der Waals surface area contributed by atoms with E-state index >= 15 is 0 Å². The van der Waals surface area contributed by atoms with Crippen molar-refractivity contribution < 1.29 is 17.9 Å². The molecule has 1 N–H and O–H groups in total. The maximum Gasteiger partial charge on any atom is 0.236 e. The lowest BCUT2D eigenvalue weighted by atomic mass is 10.1. The molecule has 4 nitrogen and oxygen atoms in total. The predicted molar refractivity (Wildman–Crippen MR) is 63.9 cm³/mol. The highest BCUT2D eigenvalue weighted by atomic mass is 35.7. The molecule has 0 spiro atoms. The lowest BCUT2D eigenvalue weighted by molar-refractivity contribution is 0.396. The average Bonchev–Trinajstić information content (AvgIpc) is 2.09. The minimum Gasteiger partial charge on any atom is -0.505 e. The van der Waals surface area contributed by atoms with Crippen LogP contribution in [-0.2, 0) is 21.3 Å². The number of nitrogens with zero attached hydrogens (tertiary/aromatic N) is 1. The van der Waals surface area contributed by atoms with Gasteiger partial charge in [0.25, 0.3) is 0 Å². The van der Waals surface area contributed by atoms with Crippen molar-refractivity contribution >= 4 is 19.7 Å². The zero-order valence-corrected chi connectivity index (χ0v) is 11.0. The quantitative estimate of drug-likeness (QED) is 0.853. The van der Waals surface area contributed by atoms with Gasteiger partial charge in [0.1, 0.15) is 0 Å². The van der Waals surface area contributed by atoms with E-state index in [-0.39, 0.29) is 5.56 Å². The summed E-state index contributed by atoms with van der Waals surface area (Å²) in [5.41, 5.74) is 0.539. The van der Waals surface area contributed by atoms with Gasteiger partial charge in [0.05, 0.1) is 5.75 Å². The van der Waals surface area contributed by atoms with Gasteiger partial charge in [-0.2, -0.15) is 0 Å². The van der Waals surface area contributed by atoms with Crippen molar-refractivity contribution in [2.75, 3.05) is 14.1 Å². The van der Waals surface area contributed by atoms with Crippen molar-refractivity contribution in [1.29, 1.82) is 0 Å². The van der Waals surface area contributed by atoms with E-state index in [2.05, 4.69) is 0 Å². The smallest absolute Gasteiger partial charge is 0.236 e. The molecule has 0 unspecified atom stereocenters. The summed E-state index contributed by atoms with van der Waals surface area (Å²) in [6.45, 7) is 0.437. The van der Waals surface area contributed by atoms with E-state index in [9.17, 15) is 17.9 Å². The van der Waals surface area contributed by atoms with Crippen LogP contribution in [0.15, 0.2) is 12.1 Å². The fourth-order valence-corrected chi connectivity index (χ4v) is 2.41. The summed E-state index contributed by atoms with van der Waals surface area (Å²) in [4.78, 5) is 1.80. The van der Waals surface area contributed by atoms with Crippen LogP contribution in [0.5, 0.6) is 5.75 Å². The van der Waals surface area contributed by atoms with Crippen LogP contribution in [0.25, 0.3) is 0 Å². The average molecular weight is 282 g/mol. The fourth-order valence-electron chi connectivity index (χ4n) is 1.47. The van der Waals surface area contributed by atoms with Gasteiger partial charge in [0.15, 0.2) is 11.6 Å². The number of phenolic OH excluding ortho intramolecular Hbond substituents is 1. The van der Waals surface area contributed by atoms with Gasteiger partial charge in [0.2, 0.25) is 9.05 Å². The Morgan fingerprint density at radius 1 is 1.41 bits per heavy atom. The molecule has 0 aliphatic rings. The van der Waals surface area contributed by atoms with Crippen LogP contribution in [0, 0.1) is 5.82 Å². The van der Waals surface area contributed by atoms with E-state index in [4.69, 9.17) is 10.7 Å². The van der Waals surface area contributed by atoms with Gasteiger partial charge < -0.3 is 10.0 Å². The lowest BCUT2D eigenvalue weighted by Crippen LogP contribution is -2.11. The number of hydrogen-bond donors (Lipinski definition) is 1. The Labute approximate surface area is 104 Å². The monoisotopic (exact) mass is 281 g/mol. The molecule has 0 heterocycles. The largest absolute Gasteiger partial charge is 0.505 e. The molecule has 1 rings (SSSR count). The van der Waals surface area contributed by atoms with E-state index in [0.717, 1.165) is 0 Å². The summed E-state index contributed by atoms with van der Waals surface area (Å²) in [6, 6.07) is 2.60. The van der Waals surface area contributed by atoms with Crippen LogP contribution in [0.3, 0.4) is 0 Å². The molecular formula is C10H13ClFNO3S. The minimum absolute atomic E-state index is 0.0307. The molecule has 0 saturated carbocycles. The van der Waals surface area contributed by atoms with Crippen LogP contribution in [-0.4, -0.2) is 32.5 Å². The molecule has 0 aliphatic heterocycles. The number of halogens is 2. The summed E-state index contributed by atoms with van der Waals surface area (Å²) in [6.07, 6.45) is 0. The molecular weight excluding hydrogens is 269 g/mol. The maximum absolute atomic E-state index is 13.4. The first-order valence-electron chi connectivity index (χ1n) is 4.76. The Bertz CT molecular complexity index is 517. The summed E-state index contributed by atoms with van der Waals surface area (Å²) in [7, 11) is 4.84. The first kappa shape index (κ1) is 14.2.